The average Bonchev–Trinajstić information content (AvgIpc) is 3.52. The third-order valence-corrected chi connectivity index (χ3v) is 6.25. The lowest BCUT2D eigenvalue weighted by molar-refractivity contribution is 0.284. The summed E-state index contributed by atoms with van der Waals surface area (Å²) in [5, 5.41) is 17.7. The van der Waals surface area contributed by atoms with Gasteiger partial charge in [0, 0.05) is 11.9 Å². The highest BCUT2D eigenvalue weighted by molar-refractivity contribution is 7.98. The van der Waals surface area contributed by atoms with Crippen molar-refractivity contribution in [2.75, 3.05) is 0 Å². The molecule has 0 fully saturated rings. The molecular formula is C22H25N5O2S2. The molecule has 31 heavy (non-hydrogen) atoms. The van der Waals surface area contributed by atoms with Gasteiger partial charge in [-0.15, -0.1) is 10.2 Å². The van der Waals surface area contributed by atoms with E-state index >= 15 is 0 Å². The Kier molecular flexibility index (Phi) is 7.03. The molecule has 0 spiro atoms. The van der Waals surface area contributed by atoms with Crippen LogP contribution < -0.4 is 4.74 Å². The van der Waals surface area contributed by atoms with Gasteiger partial charge in [-0.3, -0.25) is 0 Å². The Bertz CT molecular complexity index is 1090. The first-order valence-electron chi connectivity index (χ1n) is 10.2. The maximum absolute atomic E-state index is 5.96. The fourth-order valence-corrected chi connectivity index (χ4v) is 4.43. The van der Waals surface area contributed by atoms with E-state index in [1.165, 1.54) is 5.56 Å². The van der Waals surface area contributed by atoms with E-state index in [1.807, 2.05) is 29.0 Å². The number of thiophene rings is 1. The number of benzene rings is 1. The van der Waals surface area contributed by atoms with Crippen LogP contribution in [0.1, 0.15) is 38.0 Å². The molecule has 3 heterocycles. The molecule has 4 aromatic rings. The molecule has 0 radical (unpaired) electrons. The van der Waals surface area contributed by atoms with E-state index in [4.69, 9.17) is 9.26 Å². The van der Waals surface area contributed by atoms with E-state index < -0.39 is 0 Å². The lowest BCUT2D eigenvalue weighted by Gasteiger charge is -2.13. The van der Waals surface area contributed by atoms with Crippen molar-refractivity contribution in [2.45, 2.75) is 51.3 Å². The molecule has 7 nitrogen and oxygen atoms in total. The van der Waals surface area contributed by atoms with E-state index in [-0.39, 0.29) is 0 Å². The predicted octanol–water partition coefficient (Wildman–Crippen LogP) is 5.48. The largest absolute Gasteiger partial charge is 0.486 e. The molecule has 0 bridgehead atoms. The van der Waals surface area contributed by atoms with E-state index in [0.717, 1.165) is 35.3 Å². The predicted molar refractivity (Wildman–Crippen MR) is 122 cm³/mol. The van der Waals surface area contributed by atoms with Crippen LogP contribution in [0.4, 0.5) is 0 Å². The zero-order valence-electron chi connectivity index (χ0n) is 17.8. The summed E-state index contributed by atoms with van der Waals surface area (Å²) < 4.78 is 13.5. The summed E-state index contributed by atoms with van der Waals surface area (Å²) in [6.07, 6.45) is 1.01. The summed E-state index contributed by atoms with van der Waals surface area (Å²) >= 11 is 3.15. The number of aryl methyl sites for hydroxylation is 1. The molecule has 0 N–H and O–H groups in total. The average molecular weight is 456 g/mol. The molecule has 162 valence electrons. The molecule has 0 aliphatic rings. The van der Waals surface area contributed by atoms with Gasteiger partial charge in [-0.05, 0) is 41.5 Å². The molecule has 0 amide bonds. The minimum absolute atomic E-state index is 0.371. The first-order valence-corrected chi connectivity index (χ1v) is 12.2. The van der Waals surface area contributed by atoms with Gasteiger partial charge in [0.25, 0.3) is 5.89 Å². The number of nitrogens with zero attached hydrogens (tertiary/aromatic N) is 5. The number of hydrogen-bond donors (Lipinski definition) is 0. The van der Waals surface area contributed by atoms with E-state index in [1.54, 1.807) is 23.1 Å². The Morgan fingerprint density at radius 3 is 2.71 bits per heavy atom. The van der Waals surface area contributed by atoms with E-state index in [0.29, 0.717) is 30.0 Å². The van der Waals surface area contributed by atoms with Crippen LogP contribution in [0.5, 0.6) is 5.75 Å². The van der Waals surface area contributed by atoms with Gasteiger partial charge >= 0.3 is 0 Å². The maximum Gasteiger partial charge on any atom is 0.258 e. The summed E-state index contributed by atoms with van der Waals surface area (Å²) in [5.74, 6) is 3.83. The van der Waals surface area contributed by atoms with Gasteiger partial charge in [-0.2, -0.15) is 16.3 Å². The zero-order valence-corrected chi connectivity index (χ0v) is 19.4. The summed E-state index contributed by atoms with van der Waals surface area (Å²) in [7, 11) is 0. The molecular weight excluding hydrogens is 430 g/mol. The second-order valence-corrected chi connectivity index (χ2v) is 9.23. The molecule has 3 aromatic heterocycles. The van der Waals surface area contributed by atoms with Crippen LogP contribution in [0.25, 0.3) is 11.5 Å². The Balaban J connectivity index is 1.43. The summed E-state index contributed by atoms with van der Waals surface area (Å²) in [6.45, 7) is 7.68. The second-order valence-electron chi connectivity index (χ2n) is 7.51. The van der Waals surface area contributed by atoms with Gasteiger partial charge in [0.2, 0.25) is 0 Å². The first kappa shape index (κ1) is 21.6. The van der Waals surface area contributed by atoms with Crippen molar-refractivity contribution in [3.63, 3.8) is 0 Å². The quantitative estimate of drug-likeness (QED) is 0.293. The minimum Gasteiger partial charge on any atom is -0.486 e. The highest BCUT2D eigenvalue weighted by atomic mass is 32.2. The van der Waals surface area contributed by atoms with Crippen LogP contribution >= 0.6 is 23.1 Å². The maximum atomic E-state index is 5.96. The van der Waals surface area contributed by atoms with Crippen molar-refractivity contribution >= 4 is 23.1 Å². The van der Waals surface area contributed by atoms with Gasteiger partial charge in [0.05, 0.1) is 11.3 Å². The lowest BCUT2D eigenvalue weighted by atomic mass is 10.2. The molecule has 0 saturated heterocycles. The van der Waals surface area contributed by atoms with Gasteiger partial charge in [-0.25, -0.2) is 0 Å². The van der Waals surface area contributed by atoms with Crippen LogP contribution in [0.15, 0.2) is 50.8 Å². The zero-order chi connectivity index (χ0) is 21.6. The monoisotopic (exact) mass is 455 g/mol. The molecule has 0 aliphatic heterocycles. The number of thioether (sulfide) groups is 1. The number of rotatable bonds is 10. The Labute approximate surface area is 189 Å². The summed E-state index contributed by atoms with van der Waals surface area (Å²) in [6, 6.07) is 10.1. The number of hydrogen-bond acceptors (Lipinski definition) is 8. The van der Waals surface area contributed by atoms with Crippen molar-refractivity contribution in [1.82, 2.24) is 24.9 Å². The first-order chi connectivity index (χ1) is 15.1. The Morgan fingerprint density at radius 1 is 1.16 bits per heavy atom. The van der Waals surface area contributed by atoms with Crippen LogP contribution in [-0.4, -0.2) is 24.9 Å². The number of aromatic nitrogens is 5. The Morgan fingerprint density at radius 2 is 2.00 bits per heavy atom. The van der Waals surface area contributed by atoms with Crippen LogP contribution in [0, 0.1) is 5.92 Å². The molecule has 0 atom stereocenters. The molecule has 0 saturated carbocycles. The van der Waals surface area contributed by atoms with Crippen molar-refractivity contribution in [3.05, 3.63) is 58.3 Å². The second kappa shape index (κ2) is 10.1. The molecule has 0 aliphatic carbocycles. The van der Waals surface area contributed by atoms with Gasteiger partial charge in [0.15, 0.2) is 16.8 Å². The van der Waals surface area contributed by atoms with Crippen molar-refractivity contribution in [1.29, 1.82) is 0 Å². The fourth-order valence-electron chi connectivity index (χ4n) is 3.00. The van der Waals surface area contributed by atoms with Gasteiger partial charge in [-0.1, -0.05) is 49.8 Å². The minimum atomic E-state index is 0.371. The SMILES string of the molecule is CCc1ccc(OCc2nnc(SCc3noc(-c4ccsc4)n3)n2CC(C)C)cc1. The summed E-state index contributed by atoms with van der Waals surface area (Å²) in [5.41, 5.74) is 2.24. The van der Waals surface area contributed by atoms with E-state index in [2.05, 4.69) is 57.8 Å². The topological polar surface area (TPSA) is 78.9 Å². The molecule has 0 unspecified atom stereocenters. The van der Waals surface area contributed by atoms with Gasteiger partial charge in [0.1, 0.15) is 12.4 Å². The van der Waals surface area contributed by atoms with Crippen LogP contribution in [-0.2, 0) is 25.3 Å². The molecule has 1 aromatic carbocycles. The highest BCUT2D eigenvalue weighted by Gasteiger charge is 2.16. The summed E-state index contributed by atoms with van der Waals surface area (Å²) in [4.78, 5) is 4.48. The molecule has 4 rings (SSSR count). The standard InChI is InChI=1S/C22H25N5O2S2/c1-4-16-5-7-18(8-6-16)28-12-20-24-25-22(27(20)11-15(2)3)31-14-19-23-21(29-26-19)17-9-10-30-13-17/h5-10,13,15H,4,11-12,14H2,1-3H3. The van der Waals surface area contributed by atoms with E-state index in [9.17, 15) is 0 Å². The van der Waals surface area contributed by atoms with Crippen LogP contribution in [0.2, 0.25) is 0 Å². The van der Waals surface area contributed by atoms with Gasteiger partial charge < -0.3 is 13.8 Å². The lowest BCUT2D eigenvalue weighted by Crippen LogP contribution is -2.12. The normalized spacial score (nSPS) is 11.4. The van der Waals surface area contributed by atoms with Crippen molar-refractivity contribution < 1.29 is 9.26 Å². The number of ether oxygens (including phenoxy) is 1. The Hall–Kier alpha value is -2.65. The fraction of sp³-hybridized carbons (Fsp3) is 0.364. The highest BCUT2D eigenvalue weighted by Crippen LogP contribution is 2.25. The van der Waals surface area contributed by atoms with Crippen molar-refractivity contribution in [2.24, 2.45) is 5.92 Å². The smallest absolute Gasteiger partial charge is 0.258 e. The van der Waals surface area contributed by atoms with Crippen molar-refractivity contribution in [3.8, 4) is 17.2 Å². The third kappa shape index (κ3) is 5.54. The van der Waals surface area contributed by atoms with Crippen LogP contribution in [0.3, 0.4) is 0 Å². The third-order valence-electron chi connectivity index (χ3n) is 4.61. The molecule has 9 heteroatoms.